The van der Waals surface area contributed by atoms with Gasteiger partial charge in [-0.2, -0.15) is 13.9 Å². The largest absolute Gasteiger partial charge is 0.508 e. The summed E-state index contributed by atoms with van der Waals surface area (Å²) < 4.78 is 30.4. The average Bonchev–Trinajstić information content (AvgIpc) is 2.60. The van der Waals surface area contributed by atoms with Crippen molar-refractivity contribution in [2.24, 2.45) is 7.05 Å². The molecule has 0 spiro atoms. The van der Waals surface area contributed by atoms with Crippen LogP contribution in [0.5, 0.6) is 11.6 Å². The Bertz CT molecular complexity index is 609. The summed E-state index contributed by atoms with van der Waals surface area (Å²) >= 11 is 0. The van der Waals surface area contributed by atoms with Crippen LogP contribution in [0.1, 0.15) is 11.1 Å². The lowest BCUT2D eigenvalue weighted by molar-refractivity contribution is -0.0557. The molecule has 0 aliphatic rings. The molecule has 0 saturated carbocycles. The first-order chi connectivity index (χ1) is 8.90. The topological polar surface area (TPSA) is 47.3 Å². The van der Waals surface area contributed by atoms with Crippen molar-refractivity contribution in [1.82, 2.24) is 9.78 Å². The number of aromatic hydroxyl groups is 1. The molecule has 1 aromatic heterocycles. The Kier molecular flexibility index (Phi) is 3.42. The fourth-order valence-corrected chi connectivity index (χ4v) is 1.94. The van der Waals surface area contributed by atoms with E-state index in [4.69, 9.17) is 0 Å². The third-order valence-electron chi connectivity index (χ3n) is 2.89. The van der Waals surface area contributed by atoms with Gasteiger partial charge in [0.05, 0.1) is 5.69 Å². The van der Waals surface area contributed by atoms with E-state index in [1.54, 1.807) is 39.1 Å². The molecule has 2 rings (SSSR count). The highest BCUT2D eigenvalue weighted by molar-refractivity contribution is 5.66. The molecule has 0 unspecified atom stereocenters. The number of hydrogen-bond donors (Lipinski definition) is 1. The molecule has 2 aromatic rings. The molecule has 6 heteroatoms. The summed E-state index contributed by atoms with van der Waals surface area (Å²) in [4.78, 5) is 0. The third kappa shape index (κ3) is 2.52. The van der Waals surface area contributed by atoms with Crippen LogP contribution in [-0.4, -0.2) is 21.5 Å². The van der Waals surface area contributed by atoms with Crippen molar-refractivity contribution >= 4 is 0 Å². The smallest absolute Gasteiger partial charge is 0.388 e. The highest BCUT2D eigenvalue weighted by Gasteiger charge is 2.18. The second-order valence-electron chi connectivity index (χ2n) is 4.28. The van der Waals surface area contributed by atoms with Gasteiger partial charge in [0.15, 0.2) is 0 Å². The van der Waals surface area contributed by atoms with E-state index in [9.17, 15) is 13.9 Å². The van der Waals surface area contributed by atoms with Gasteiger partial charge in [-0.25, -0.2) is 4.68 Å². The van der Waals surface area contributed by atoms with Crippen LogP contribution in [0.2, 0.25) is 0 Å². The second-order valence-corrected chi connectivity index (χ2v) is 4.28. The zero-order valence-electron chi connectivity index (χ0n) is 10.8. The maximum atomic E-state index is 12.3. The van der Waals surface area contributed by atoms with Crippen molar-refractivity contribution < 1.29 is 18.6 Å². The minimum absolute atomic E-state index is 0.0377. The molecule has 0 fully saturated rings. The summed E-state index contributed by atoms with van der Waals surface area (Å²) in [5.41, 5.74) is 2.53. The Labute approximate surface area is 109 Å². The Morgan fingerprint density at radius 1 is 1.32 bits per heavy atom. The summed E-state index contributed by atoms with van der Waals surface area (Å²) in [7, 11) is 1.54. The van der Waals surface area contributed by atoms with Gasteiger partial charge in [0, 0.05) is 18.2 Å². The first-order valence-electron chi connectivity index (χ1n) is 5.68. The van der Waals surface area contributed by atoms with Crippen molar-refractivity contribution in [3.63, 3.8) is 0 Å². The summed E-state index contributed by atoms with van der Waals surface area (Å²) in [6.45, 7) is 0.541. The van der Waals surface area contributed by atoms with Gasteiger partial charge in [-0.05, 0) is 37.6 Å². The van der Waals surface area contributed by atoms with Crippen LogP contribution in [-0.2, 0) is 7.05 Å². The van der Waals surface area contributed by atoms with Crippen molar-refractivity contribution in [3.05, 3.63) is 29.3 Å². The molecule has 4 nitrogen and oxygen atoms in total. The Morgan fingerprint density at radius 2 is 2.00 bits per heavy atom. The van der Waals surface area contributed by atoms with Crippen molar-refractivity contribution in [3.8, 4) is 22.9 Å². The Morgan fingerprint density at radius 3 is 2.58 bits per heavy atom. The highest BCUT2D eigenvalue weighted by Crippen LogP contribution is 2.32. The lowest BCUT2D eigenvalue weighted by atomic mass is 10.1. The lowest BCUT2D eigenvalue weighted by Crippen LogP contribution is -2.06. The molecule has 0 saturated heterocycles. The molecule has 0 aliphatic heterocycles. The molecule has 0 aliphatic carbocycles. The molecule has 0 bridgehead atoms. The van der Waals surface area contributed by atoms with Crippen molar-refractivity contribution in [1.29, 1.82) is 0 Å². The van der Waals surface area contributed by atoms with Crippen LogP contribution >= 0.6 is 0 Å². The fraction of sp³-hybridized carbons (Fsp3) is 0.308. The molecule has 0 atom stereocenters. The number of aryl methyl sites for hydroxylation is 2. The monoisotopic (exact) mass is 268 g/mol. The molecule has 1 aromatic carbocycles. The van der Waals surface area contributed by atoms with Gasteiger partial charge >= 0.3 is 6.61 Å². The van der Waals surface area contributed by atoms with Gasteiger partial charge in [-0.3, -0.25) is 0 Å². The molecule has 0 radical (unpaired) electrons. The van der Waals surface area contributed by atoms with Gasteiger partial charge in [-0.15, -0.1) is 0 Å². The van der Waals surface area contributed by atoms with E-state index in [0.29, 0.717) is 16.8 Å². The number of halogens is 2. The standard InChI is InChI=1S/C13H14F2N2O2/c1-7-6-9(4-5-10(7)18)11-8(2)12(17(3)16-11)19-13(14)15/h4-6,13,18H,1-3H3. The van der Waals surface area contributed by atoms with E-state index < -0.39 is 6.61 Å². The van der Waals surface area contributed by atoms with Crippen LogP contribution in [0.3, 0.4) is 0 Å². The van der Waals surface area contributed by atoms with Gasteiger partial charge in [0.25, 0.3) is 0 Å². The summed E-state index contributed by atoms with van der Waals surface area (Å²) in [5, 5.41) is 13.7. The number of benzene rings is 1. The predicted octanol–water partition coefficient (Wildman–Crippen LogP) is 3.01. The summed E-state index contributed by atoms with van der Waals surface area (Å²) in [6.07, 6.45) is 0. The van der Waals surface area contributed by atoms with Crippen LogP contribution in [0.15, 0.2) is 18.2 Å². The maximum absolute atomic E-state index is 12.3. The number of alkyl halides is 2. The van der Waals surface area contributed by atoms with Crippen LogP contribution in [0, 0.1) is 13.8 Å². The highest BCUT2D eigenvalue weighted by atomic mass is 19.3. The number of aromatic nitrogens is 2. The number of rotatable bonds is 3. The lowest BCUT2D eigenvalue weighted by Gasteiger charge is -2.05. The van der Waals surface area contributed by atoms with E-state index in [-0.39, 0.29) is 11.6 Å². The molecular formula is C13H14F2N2O2. The number of hydrogen-bond acceptors (Lipinski definition) is 3. The first-order valence-corrected chi connectivity index (χ1v) is 5.68. The number of phenols is 1. The van der Waals surface area contributed by atoms with Gasteiger partial charge in [-0.1, -0.05) is 0 Å². The van der Waals surface area contributed by atoms with E-state index in [1.165, 1.54) is 4.68 Å². The number of ether oxygens (including phenoxy) is 1. The number of nitrogens with zero attached hydrogens (tertiary/aromatic N) is 2. The predicted molar refractivity (Wildman–Crippen MR) is 66.4 cm³/mol. The minimum atomic E-state index is -2.89. The summed E-state index contributed by atoms with van der Waals surface area (Å²) in [6, 6.07) is 4.98. The van der Waals surface area contributed by atoms with Crippen LogP contribution in [0.25, 0.3) is 11.3 Å². The normalized spacial score (nSPS) is 11.1. The van der Waals surface area contributed by atoms with Crippen molar-refractivity contribution in [2.45, 2.75) is 20.5 Å². The molecular weight excluding hydrogens is 254 g/mol. The quantitative estimate of drug-likeness (QED) is 0.930. The molecule has 102 valence electrons. The van der Waals surface area contributed by atoms with E-state index in [2.05, 4.69) is 9.84 Å². The Balaban J connectivity index is 2.48. The van der Waals surface area contributed by atoms with Gasteiger partial charge in [0.1, 0.15) is 5.75 Å². The summed E-state index contributed by atoms with van der Waals surface area (Å²) in [5.74, 6) is 0.220. The molecule has 1 N–H and O–H groups in total. The van der Waals surface area contributed by atoms with E-state index >= 15 is 0 Å². The zero-order valence-corrected chi connectivity index (χ0v) is 10.8. The zero-order chi connectivity index (χ0) is 14.2. The fourth-order valence-electron chi connectivity index (χ4n) is 1.94. The van der Waals surface area contributed by atoms with Crippen LogP contribution in [0.4, 0.5) is 8.78 Å². The molecule has 1 heterocycles. The first kappa shape index (κ1) is 13.3. The average molecular weight is 268 g/mol. The second kappa shape index (κ2) is 4.87. The Hall–Kier alpha value is -2.11. The third-order valence-corrected chi connectivity index (χ3v) is 2.89. The molecule has 19 heavy (non-hydrogen) atoms. The van der Waals surface area contributed by atoms with E-state index in [1.807, 2.05) is 0 Å². The van der Waals surface area contributed by atoms with Crippen LogP contribution < -0.4 is 4.74 Å². The molecule has 0 amide bonds. The minimum Gasteiger partial charge on any atom is -0.508 e. The van der Waals surface area contributed by atoms with E-state index in [0.717, 1.165) is 5.56 Å². The number of phenolic OH excluding ortho intramolecular Hbond substituents is 1. The maximum Gasteiger partial charge on any atom is 0.388 e. The SMILES string of the molecule is Cc1cc(-c2nn(C)c(OC(F)F)c2C)ccc1O. The van der Waals surface area contributed by atoms with Gasteiger partial charge in [0.2, 0.25) is 5.88 Å². The van der Waals surface area contributed by atoms with Gasteiger partial charge < -0.3 is 9.84 Å². The van der Waals surface area contributed by atoms with Crippen molar-refractivity contribution in [2.75, 3.05) is 0 Å².